The summed E-state index contributed by atoms with van der Waals surface area (Å²) < 4.78 is 15.6. The molecule has 1 fully saturated rings. The van der Waals surface area contributed by atoms with Crippen LogP contribution in [0.1, 0.15) is 12.8 Å². The Kier molecular flexibility index (Phi) is 5.46. The van der Waals surface area contributed by atoms with Gasteiger partial charge in [0.1, 0.15) is 6.04 Å². The summed E-state index contributed by atoms with van der Waals surface area (Å²) in [4.78, 5) is 35.5. The highest BCUT2D eigenvalue weighted by molar-refractivity contribution is 7.84. The standard InChI is InChI=1S/C11H17NO6S/c1-18-11(16)7-5-9(13)12(6-7)8(10(14)15)3-4-19(2)17/h7-8H,3-6H2,1-2H3,(H,14,15)/t7?,8-,19?/m0/s1. The Morgan fingerprint density at radius 1 is 1.58 bits per heavy atom. The molecular weight excluding hydrogens is 274 g/mol. The summed E-state index contributed by atoms with van der Waals surface area (Å²) in [6, 6.07) is -1.04. The minimum atomic E-state index is -1.15. The van der Waals surface area contributed by atoms with E-state index in [1.807, 2.05) is 0 Å². The number of likely N-dealkylation sites (tertiary alicyclic amines) is 1. The number of hydrogen-bond acceptors (Lipinski definition) is 5. The predicted octanol–water partition coefficient (Wildman–Crippen LogP) is -0.770. The second kappa shape index (κ2) is 6.65. The molecule has 2 unspecified atom stereocenters. The van der Waals surface area contributed by atoms with Crippen LogP contribution in [0.2, 0.25) is 0 Å². The maximum absolute atomic E-state index is 11.8. The topological polar surface area (TPSA) is 101 Å². The predicted molar refractivity (Wildman–Crippen MR) is 66.8 cm³/mol. The first kappa shape index (κ1) is 15.6. The number of nitrogens with zero attached hydrogens (tertiary/aromatic N) is 1. The van der Waals surface area contributed by atoms with Crippen LogP contribution in [0.15, 0.2) is 0 Å². The Balaban J connectivity index is 2.74. The van der Waals surface area contributed by atoms with Crippen LogP contribution in [0, 0.1) is 5.92 Å². The molecule has 7 nitrogen and oxygen atoms in total. The van der Waals surface area contributed by atoms with E-state index < -0.39 is 34.7 Å². The number of methoxy groups -OCH3 is 1. The minimum absolute atomic E-state index is 0.0360. The van der Waals surface area contributed by atoms with Gasteiger partial charge in [-0.05, 0) is 6.42 Å². The third-order valence-electron chi connectivity index (χ3n) is 3.03. The summed E-state index contributed by atoms with van der Waals surface area (Å²) in [7, 11) is 0.100. The summed E-state index contributed by atoms with van der Waals surface area (Å²) in [6.45, 7) is 0.0405. The molecule has 1 heterocycles. The maximum Gasteiger partial charge on any atom is 0.326 e. The van der Waals surface area contributed by atoms with Gasteiger partial charge in [-0.3, -0.25) is 13.8 Å². The van der Waals surface area contributed by atoms with Gasteiger partial charge in [-0.25, -0.2) is 4.79 Å². The lowest BCUT2D eigenvalue weighted by atomic mass is 10.1. The van der Waals surface area contributed by atoms with Crippen molar-refractivity contribution in [1.82, 2.24) is 4.90 Å². The molecule has 1 aliphatic heterocycles. The second-order valence-corrected chi connectivity index (χ2v) is 5.94. The van der Waals surface area contributed by atoms with Gasteiger partial charge in [0.05, 0.1) is 13.0 Å². The van der Waals surface area contributed by atoms with Crippen molar-refractivity contribution in [3.05, 3.63) is 0 Å². The third-order valence-corrected chi connectivity index (χ3v) is 3.84. The number of carbonyl (C=O) groups excluding carboxylic acids is 2. The Morgan fingerprint density at radius 3 is 2.68 bits per heavy atom. The van der Waals surface area contributed by atoms with Crippen LogP contribution in [0.4, 0.5) is 0 Å². The molecule has 1 saturated heterocycles. The maximum atomic E-state index is 11.8. The van der Waals surface area contributed by atoms with E-state index in [4.69, 9.17) is 5.11 Å². The van der Waals surface area contributed by atoms with E-state index in [1.54, 1.807) is 0 Å². The molecule has 1 N–H and O–H groups in total. The van der Waals surface area contributed by atoms with Gasteiger partial charge in [0, 0.05) is 35.8 Å². The molecule has 19 heavy (non-hydrogen) atoms. The van der Waals surface area contributed by atoms with Crippen molar-refractivity contribution in [3.63, 3.8) is 0 Å². The SMILES string of the molecule is COC(=O)C1CC(=O)N([C@@H](CCS(C)=O)C(=O)O)C1. The van der Waals surface area contributed by atoms with Crippen molar-refractivity contribution < 1.29 is 28.4 Å². The van der Waals surface area contributed by atoms with E-state index in [0.29, 0.717) is 0 Å². The summed E-state index contributed by atoms with van der Waals surface area (Å²) >= 11 is 0. The number of hydrogen-bond donors (Lipinski definition) is 1. The average molecular weight is 291 g/mol. The van der Waals surface area contributed by atoms with E-state index in [2.05, 4.69) is 4.74 Å². The van der Waals surface area contributed by atoms with E-state index in [0.717, 1.165) is 4.90 Å². The molecule has 0 spiro atoms. The van der Waals surface area contributed by atoms with Crippen LogP contribution in [0.3, 0.4) is 0 Å². The summed E-state index contributed by atoms with van der Waals surface area (Å²) in [5.41, 5.74) is 0. The van der Waals surface area contributed by atoms with Gasteiger partial charge < -0.3 is 14.7 Å². The van der Waals surface area contributed by atoms with E-state index >= 15 is 0 Å². The largest absolute Gasteiger partial charge is 0.480 e. The van der Waals surface area contributed by atoms with Gasteiger partial charge >= 0.3 is 11.9 Å². The molecule has 0 radical (unpaired) electrons. The highest BCUT2D eigenvalue weighted by Crippen LogP contribution is 2.22. The molecule has 1 rings (SSSR count). The fourth-order valence-electron chi connectivity index (χ4n) is 2.05. The number of esters is 1. The molecule has 0 aliphatic carbocycles. The molecule has 1 aliphatic rings. The zero-order chi connectivity index (χ0) is 14.6. The molecule has 0 aromatic rings. The van der Waals surface area contributed by atoms with Gasteiger partial charge in [0.25, 0.3) is 0 Å². The number of carboxylic acid groups (broad SMARTS) is 1. The molecule has 0 bridgehead atoms. The van der Waals surface area contributed by atoms with Crippen molar-refractivity contribution in [2.75, 3.05) is 25.7 Å². The van der Waals surface area contributed by atoms with E-state index in [-0.39, 0.29) is 31.0 Å². The van der Waals surface area contributed by atoms with Gasteiger partial charge in [-0.2, -0.15) is 0 Å². The van der Waals surface area contributed by atoms with Gasteiger partial charge in [0.15, 0.2) is 0 Å². The highest BCUT2D eigenvalue weighted by atomic mass is 32.2. The molecule has 8 heteroatoms. The summed E-state index contributed by atoms with van der Waals surface area (Å²) in [5.74, 6) is -2.47. The number of amides is 1. The van der Waals surface area contributed by atoms with Gasteiger partial charge in [0.2, 0.25) is 5.91 Å². The fourth-order valence-corrected chi connectivity index (χ4v) is 2.60. The van der Waals surface area contributed by atoms with Gasteiger partial charge in [-0.15, -0.1) is 0 Å². The first-order valence-electron chi connectivity index (χ1n) is 5.77. The zero-order valence-corrected chi connectivity index (χ0v) is 11.6. The molecule has 0 saturated carbocycles. The molecule has 108 valence electrons. The quantitative estimate of drug-likeness (QED) is 0.645. The summed E-state index contributed by atoms with van der Waals surface area (Å²) in [6.07, 6.45) is 1.55. The average Bonchev–Trinajstić information content (AvgIpc) is 2.70. The van der Waals surface area contributed by atoms with Crippen LogP contribution >= 0.6 is 0 Å². The number of ether oxygens (including phenoxy) is 1. The van der Waals surface area contributed by atoms with Crippen molar-refractivity contribution in [3.8, 4) is 0 Å². The van der Waals surface area contributed by atoms with Crippen LogP contribution in [0.25, 0.3) is 0 Å². The molecule has 0 aromatic heterocycles. The van der Waals surface area contributed by atoms with Gasteiger partial charge in [-0.1, -0.05) is 0 Å². The second-order valence-electron chi connectivity index (χ2n) is 4.39. The molecule has 3 atom stereocenters. The number of carboxylic acids is 1. The number of rotatable bonds is 6. The minimum Gasteiger partial charge on any atom is -0.480 e. The van der Waals surface area contributed by atoms with E-state index in [1.165, 1.54) is 13.4 Å². The number of aliphatic carboxylic acids is 1. The lowest BCUT2D eigenvalue weighted by Gasteiger charge is -2.24. The Labute approximate surface area is 113 Å². The van der Waals surface area contributed by atoms with Crippen LogP contribution in [-0.4, -0.2) is 63.8 Å². The first-order valence-corrected chi connectivity index (χ1v) is 7.49. The van der Waals surface area contributed by atoms with Crippen LogP contribution in [-0.2, 0) is 29.9 Å². The van der Waals surface area contributed by atoms with Crippen LogP contribution in [0.5, 0.6) is 0 Å². The molecule has 1 amide bonds. The van der Waals surface area contributed by atoms with Crippen molar-refractivity contribution in [1.29, 1.82) is 0 Å². The number of carbonyl (C=O) groups is 3. The Bertz CT molecular complexity index is 410. The van der Waals surface area contributed by atoms with Crippen molar-refractivity contribution in [2.24, 2.45) is 5.92 Å². The normalized spacial score (nSPS) is 22.1. The fraction of sp³-hybridized carbons (Fsp3) is 0.727. The lowest BCUT2D eigenvalue weighted by molar-refractivity contribution is -0.148. The Hall–Kier alpha value is -1.44. The van der Waals surface area contributed by atoms with Crippen molar-refractivity contribution in [2.45, 2.75) is 18.9 Å². The lowest BCUT2D eigenvalue weighted by Crippen LogP contribution is -2.43. The monoisotopic (exact) mass is 291 g/mol. The zero-order valence-electron chi connectivity index (χ0n) is 10.8. The Morgan fingerprint density at radius 2 is 2.21 bits per heavy atom. The van der Waals surface area contributed by atoms with Crippen LogP contribution < -0.4 is 0 Å². The smallest absolute Gasteiger partial charge is 0.326 e. The highest BCUT2D eigenvalue weighted by Gasteiger charge is 2.40. The summed E-state index contributed by atoms with van der Waals surface area (Å²) in [5, 5.41) is 9.14. The third kappa shape index (κ3) is 4.02. The molecule has 0 aromatic carbocycles. The van der Waals surface area contributed by atoms with E-state index in [9.17, 15) is 18.6 Å². The van der Waals surface area contributed by atoms with Crippen molar-refractivity contribution >= 4 is 28.6 Å². The first-order chi connectivity index (χ1) is 8.86. The molecular formula is C11H17NO6S.